The van der Waals surface area contributed by atoms with Gasteiger partial charge in [-0.2, -0.15) is 0 Å². The number of carboxylic acids is 1. The summed E-state index contributed by atoms with van der Waals surface area (Å²) in [6, 6.07) is 4.92. The highest BCUT2D eigenvalue weighted by Gasteiger charge is 2.03. The van der Waals surface area contributed by atoms with E-state index >= 15 is 0 Å². The molecule has 78 valence electrons. The number of rotatable bonds is 3. The van der Waals surface area contributed by atoms with Crippen molar-refractivity contribution in [3.8, 4) is 0 Å². The molecule has 0 aromatic carbocycles. The van der Waals surface area contributed by atoms with Crippen LogP contribution in [0, 0.1) is 0 Å². The molecule has 0 atom stereocenters. The van der Waals surface area contributed by atoms with Gasteiger partial charge in [-0.15, -0.1) is 6.58 Å². The molecule has 0 bridgehead atoms. The third kappa shape index (κ3) is 3.79. The van der Waals surface area contributed by atoms with Crippen LogP contribution in [-0.2, 0) is 6.42 Å². The summed E-state index contributed by atoms with van der Waals surface area (Å²) in [7, 11) is 0. The van der Waals surface area contributed by atoms with Crippen molar-refractivity contribution < 1.29 is 9.90 Å². The number of carboxylic acid groups (broad SMARTS) is 1. The topological polar surface area (TPSA) is 120 Å². The van der Waals surface area contributed by atoms with E-state index in [-0.39, 0.29) is 18.0 Å². The number of carbonyl (C=O) groups is 1. The molecule has 14 heavy (non-hydrogen) atoms. The predicted octanol–water partition coefficient (Wildman–Crippen LogP) is 1.83. The van der Waals surface area contributed by atoms with Crippen LogP contribution in [0.4, 0.5) is 0 Å². The predicted molar refractivity (Wildman–Crippen MR) is 55.1 cm³/mol. The molecule has 7 N–H and O–H groups in total. The molecular weight excluding hydrogens is 182 g/mol. The summed E-state index contributed by atoms with van der Waals surface area (Å²) in [5.74, 6) is -0.999. The fourth-order valence-corrected chi connectivity index (χ4v) is 0.860. The average Bonchev–Trinajstić information content (AvgIpc) is 2.05. The van der Waals surface area contributed by atoms with E-state index in [1.54, 1.807) is 18.2 Å². The number of allylic oxidation sites excluding steroid dienone is 1. The Morgan fingerprint density at radius 1 is 1.50 bits per heavy atom. The Kier molecular flexibility index (Phi) is 7.14. The van der Waals surface area contributed by atoms with Gasteiger partial charge >= 0.3 is 5.97 Å². The van der Waals surface area contributed by atoms with Crippen molar-refractivity contribution in [2.75, 3.05) is 0 Å². The Bertz CT molecular complexity index is 313. The Morgan fingerprint density at radius 3 is 2.64 bits per heavy atom. The first-order chi connectivity index (χ1) is 5.74. The molecule has 1 rings (SSSR count). The second kappa shape index (κ2) is 6.76. The van der Waals surface area contributed by atoms with Gasteiger partial charge in [-0.25, -0.2) is 9.78 Å². The van der Waals surface area contributed by atoms with Gasteiger partial charge in [0.05, 0.1) is 0 Å². The van der Waals surface area contributed by atoms with E-state index in [1.807, 2.05) is 0 Å². The van der Waals surface area contributed by atoms with Crippen LogP contribution in [-0.4, -0.2) is 16.1 Å². The second-order valence-corrected chi connectivity index (χ2v) is 2.31. The second-order valence-electron chi connectivity index (χ2n) is 2.31. The molecule has 0 fully saturated rings. The molecule has 0 amide bonds. The third-order valence-electron chi connectivity index (χ3n) is 1.38. The molecule has 0 saturated heterocycles. The standard InChI is InChI=1S/C9H9NO2.2H3N/c1-2-4-7-5-3-6-8(10-7)9(11)12;;/h2-3,5-6H,1,4H2,(H,11,12);2*1H3. The Labute approximate surface area is 82.6 Å². The smallest absolute Gasteiger partial charge is 0.354 e. The van der Waals surface area contributed by atoms with E-state index in [9.17, 15) is 4.79 Å². The number of hydrogen-bond acceptors (Lipinski definition) is 4. The van der Waals surface area contributed by atoms with E-state index in [1.165, 1.54) is 6.07 Å². The molecule has 1 heterocycles. The van der Waals surface area contributed by atoms with Crippen LogP contribution in [0.2, 0.25) is 0 Å². The average molecular weight is 197 g/mol. The Balaban J connectivity index is 0. The zero-order valence-electron chi connectivity index (χ0n) is 7.94. The zero-order valence-corrected chi connectivity index (χ0v) is 7.94. The van der Waals surface area contributed by atoms with Crippen molar-refractivity contribution in [3.05, 3.63) is 42.2 Å². The third-order valence-corrected chi connectivity index (χ3v) is 1.38. The SMILES string of the molecule is C=CCc1cccc(C(=O)O)n1.N.N. The van der Waals surface area contributed by atoms with Crippen LogP contribution in [0.15, 0.2) is 30.9 Å². The molecule has 0 aliphatic heterocycles. The maximum absolute atomic E-state index is 10.5. The van der Waals surface area contributed by atoms with Crippen LogP contribution in [0.1, 0.15) is 16.2 Å². The fourth-order valence-electron chi connectivity index (χ4n) is 0.860. The molecule has 1 aromatic rings. The van der Waals surface area contributed by atoms with Gasteiger partial charge < -0.3 is 17.4 Å². The molecule has 0 radical (unpaired) electrons. The minimum atomic E-state index is -0.999. The van der Waals surface area contributed by atoms with Crippen LogP contribution in [0.3, 0.4) is 0 Å². The monoisotopic (exact) mass is 197 g/mol. The molecular formula is C9H15N3O2. The van der Waals surface area contributed by atoms with Crippen molar-refractivity contribution in [1.29, 1.82) is 0 Å². The molecule has 1 aromatic heterocycles. The lowest BCUT2D eigenvalue weighted by Gasteiger charge is -1.96. The lowest BCUT2D eigenvalue weighted by atomic mass is 10.2. The highest BCUT2D eigenvalue weighted by atomic mass is 16.4. The van der Waals surface area contributed by atoms with Crippen LogP contribution < -0.4 is 12.3 Å². The van der Waals surface area contributed by atoms with Gasteiger partial charge in [0.25, 0.3) is 0 Å². The summed E-state index contributed by atoms with van der Waals surface area (Å²) in [5, 5.41) is 8.59. The van der Waals surface area contributed by atoms with Gasteiger partial charge in [0.1, 0.15) is 5.69 Å². The number of nitrogens with zero attached hydrogens (tertiary/aromatic N) is 1. The highest BCUT2D eigenvalue weighted by molar-refractivity contribution is 5.85. The lowest BCUT2D eigenvalue weighted by molar-refractivity contribution is 0.0690. The number of hydrogen-bond donors (Lipinski definition) is 3. The molecule has 0 unspecified atom stereocenters. The summed E-state index contributed by atoms with van der Waals surface area (Å²) in [6.45, 7) is 3.54. The fraction of sp³-hybridized carbons (Fsp3) is 0.111. The zero-order chi connectivity index (χ0) is 8.97. The Hall–Kier alpha value is -1.72. The van der Waals surface area contributed by atoms with Crippen LogP contribution >= 0.6 is 0 Å². The van der Waals surface area contributed by atoms with E-state index in [0.717, 1.165) is 5.69 Å². The lowest BCUT2D eigenvalue weighted by Crippen LogP contribution is -2.01. The Morgan fingerprint density at radius 2 is 2.14 bits per heavy atom. The van der Waals surface area contributed by atoms with E-state index in [2.05, 4.69) is 11.6 Å². The summed E-state index contributed by atoms with van der Waals surface area (Å²) in [4.78, 5) is 14.4. The van der Waals surface area contributed by atoms with Crippen molar-refractivity contribution in [1.82, 2.24) is 17.3 Å². The van der Waals surface area contributed by atoms with Gasteiger partial charge in [0.2, 0.25) is 0 Å². The van der Waals surface area contributed by atoms with Gasteiger partial charge in [0.15, 0.2) is 0 Å². The highest BCUT2D eigenvalue weighted by Crippen LogP contribution is 2.00. The quantitative estimate of drug-likeness (QED) is 0.638. The number of pyridine rings is 1. The molecule has 5 heteroatoms. The normalized spacial score (nSPS) is 8.00. The van der Waals surface area contributed by atoms with Gasteiger partial charge in [-0.05, 0) is 12.1 Å². The minimum absolute atomic E-state index is 0. The molecule has 0 saturated carbocycles. The number of aromatic carboxylic acids is 1. The van der Waals surface area contributed by atoms with Crippen molar-refractivity contribution in [3.63, 3.8) is 0 Å². The van der Waals surface area contributed by atoms with Gasteiger partial charge in [0, 0.05) is 12.1 Å². The maximum Gasteiger partial charge on any atom is 0.354 e. The molecule has 0 aliphatic carbocycles. The largest absolute Gasteiger partial charge is 0.477 e. The van der Waals surface area contributed by atoms with Crippen LogP contribution in [0.5, 0.6) is 0 Å². The summed E-state index contributed by atoms with van der Waals surface area (Å²) >= 11 is 0. The van der Waals surface area contributed by atoms with Crippen molar-refractivity contribution in [2.24, 2.45) is 0 Å². The maximum atomic E-state index is 10.5. The number of aromatic nitrogens is 1. The van der Waals surface area contributed by atoms with Crippen LogP contribution in [0.25, 0.3) is 0 Å². The first-order valence-corrected chi connectivity index (χ1v) is 3.54. The van der Waals surface area contributed by atoms with Gasteiger partial charge in [-0.3, -0.25) is 0 Å². The first-order valence-electron chi connectivity index (χ1n) is 3.54. The molecule has 0 spiro atoms. The van der Waals surface area contributed by atoms with E-state index in [0.29, 0.717) is 6.42 Å². The summed E-state index contributed by atoms with van der Waals surface area (Å²) in [6.07, 6.45) is 2.29. The first kappa shape index (κ1) is 14.8. The summed E-state index contributed by atoms with van der Waals surface area (Å²) < 4.78 is 0. The van der Waals surface area contributed by atoms with Crippen molar-refractivity contribution in [2.45, 2.75) is 6.42 Å². The van der Waals surface area contributed by atoms with E-state index < -0.39 is 5.97 Å². The minimum Gasteiger partial charge on any atom is -0.477 e. The molecule has 5 nitrogen and oxygen atoms in total. The van der Waals surface area contributed by atoms with Gasteiger partial charge in [-0.1, -0.05) is 12.1 Å². The molecule has 0 aliphatic rings. The van der Waals surface area contributed by atoms with Crippen molar-refractivity contribution >= 4 is 5.97 Å². The summed E-state index contributed by atoms with van der Waals surface area (Å²) in [5.41, 5.74) is 0.805. The van der Waals surface area contributed by atoms with E-state index in [4.69, 9.17) is 5.11 Å².